The van der Waals surface area contributed by atoms with Crippen molar-refractivity contribution in [2.24, 2.45) is 0 Å². The molecule has 0 atom stereocenters. The van der Waals surface area contributed by atoms with E-state index in [4.69, 9.17) is 19.3 Å². The van der Waals surface area contributed by atoms with Gasteiger partial charge in [-0.3, -0.25) is 4.79 Å². The molecule has 0 aromatic heterocycles. The van der Waals surface area contributed by atoms with Crippen molar-refractivity contribution in [3.8, 4) is 17.2 Å². The van der Waals surface area contributed by atoms with E-state index >= 15 is 0 Å². The normalized spacial score (nSPS) is 9.59. The first-order valence-electron chi connectivity index (χ1n) is 4.74. The smallest absolute Gasteiger partial charge is 0.337 e. The summed E-state index contributed by atoms with van der Waals surface area (Å²) in [6.45, 7) is 0.505. The first-order valence-corrected chi connectivity index (χ1v) is 4.74. The van der Waals surface area contributed by atoms with Crippen LogP contribution in [-0.2, 0) is 9.59 Å². The molecule has 1 aromatic carbocycles. The minimum atomic E-state index is -0.830. The van der Waals surface area contributed by atoms with Gasteiger partial charge in [0.25, 0.3) is 0 Å². The van der Waals surface area contributed by atoms with Gasteiger partial charge in [0.1, 0.15) is 12.4 Å². The van der Waals surface area contributed by atoms with Gasteiger partial charge in [0.2, 0.25) is 0 Å². The minimum Gasteiger partial charge on any atom is -0.493 e. The standard InChI is InChI=1S/C11H12O6/c1-7(13)16-8-3-4-9(15-2)10(5-8)17-11(14)6-12/h3-5,12H,6H2,1-2H3. The second-order valence-corrected chi connectivity index (χ2v) is 3.04. The number of methoxy groups -OCH3 is 1. The molecule has 0 bridgehead atoms. The molecule has 0 aliphatic heterocycles. The lowest BCUT2D eigenvalue weighted by Gasteiger charge is -2.09. The molecule has 0 saturated heterocycles. The number of carbonyl (C=O) groups excluding carboxylic acids is 2. The first-order chi connectivity index (χ1) is 8.06. The van der Waals surface area contributed by atoms with E-state index in [9.17, 15) is 9.59 Å². The van der Waals surface area contributed by atoms with E-state index in [0.29, 0.717) is 5.75 Å². The molecule has 0 spiro atoms. The van der Waals surface area contributed by atoms with Crippen molar-refractivity contribution in [2.75, 3.05) is 13.7 Å². The van der Waals surface area contributed by atoms with Gasteiger partial charge in [-0.15, -0.1) is 0 Å². The summed E-state index contributed by atoms with van der Waals surface area (Å²) < 4.78 is 14.6. The van der Waals surface area contributed by atoms with Crippen molar-refractivity contribution in [3.63, 3.8) is 0 Å². The quantitative estimate of drug-likeness (QED) is 0.610. The maximum absolute atomic E-state index is 10.9. The van der Waals surface area contributed by atoms with Gasteiger partial charge in [-0.2, -0.15) is 0 Å². The molecule has 0 fully saturated rings. The van der Waals surface area contributed by atoms with Crippen LogP contribution in [0.1, 0.15) is 6.92 Å². The van der Waals surface area contributed by atoms with Crippen LogP contribution in [0.4, 0.5) is 0 Å². The highest BCUT2D eigenvalue weighted by molar-refractivity contribution is 5.75. The molecule has 0 aliphatic carbocycles. The molecule has 0 amide bonds. The lowest BCUT2D eigenvalue weighted by Crippen LogP contribution is -2.13. The Morgan fingerprint density at radius 3 is 2.47 bits per heavy atom. The third kappa shape index (κ3) is 3.76. The summed E-state index contributed by atoms with van der Waals surface area (Å²) in [6, 6.07) is 4.31. The molecule has 0 radical (unpaired) electrons. The van der Waals surface area contributed by atoms with Crippen molar-refractivity contribution < 1.29 is 28.9 Å². The van der Waals surface area contributed by atoms with Gasteiger partial charge < -0.3 is 19.3 Å². The Labute approximate surface area is 97.7 Å². The Hall–Kier alpha value is -2.08. The van der Waals surface area contributed by atoms with Crippen LogP contribution in [0.15, 0.2) is 18.2 Å². The Balaban J connectivity index is 2.97. The van der Waals surface area contributed by atoms with Gasteiger partial charge in [0, 0.05) is 13.0 Å². The lowest BCUT2D eigenvalue weighted by molar-refractivity contribution is -0.137. The van der Waals surface area contributed by atoms with Crippen LogP contribution in [0.2, 0.25) is 0 Å². The molecule has 6 heteroatoms. The highest BCUT2D eigenvalue weighted by atomic mass is 16.6. The highest BCUT2D eigenvalue weighted by Crippen LogP contribution is 2.31. The van der Waals surface area contributed by atoms with Gasteiger partial charge in [0.15, 0.2) is 11.5 Å². The molecule has 0 unspecified atom stereocenters. The van der Waals surface area contributed by atoms with E-state index in [1.54, 1.807) is 0 Å². The zero-order valence-corrected chi connectivity index (χ0v) is 9.43. The lowest BCUT2D eigenvalue weighted by atomic mass is 10.3. The molecule has 1 N–H and O–H groups in total. The van der Waals surface area contributed by atoms with Gasteiger partial charge >= 0.3 is 11.9 Å². The van der Waals surface area contributed by atoms with Crippen molar-refractivity contribution in [1.82, 2.24) is 0 Å². The predicted molar refractivity (Wildman–Crippen MR) is 57.0 cm³/mol. The fourth-order valence-corrected chi connectivity index (χ4v) is 1.12. The number of carbonyl (C=O) groups is 2. The largest absolute Gasteiger partial charge is 0.493 e. The van der Waals surface area contributed by atoms with Gasteiger partial charge in [-0.1, -0.05) is 0 Å². The summed E-state index contributed by atoms with van der Waals surface area (Å²) in [7, 11) is 1.40. The number of hydrogen-bond donors (Lipinski definition) is 1. The average molecular weight is 240 g/mol. The maximum atomic E-state index is 10.9. The van der Waals surface area contributed by atoms with E-state index < -0.39 is 18.5 Å². The number of benzene rings is 1. The Morgan fingerprint density at radius 1 is 1.24 bits per heavy atom. The summed E-state index contributed by atoms with van der Waals surface area (Å²) in [5.74, 6) is -0.732. The molecule has 92 valence electrons. The molecular weight excluding hydrogens is 228 g/mol. The number of hydrogen-bond acceptors (Lipinski definition) is 6. The second kappa shape index (κ2) is 5.86. The topological polar surface area (TPSA) is 82.1 Å². The number of aliphatic hydroxyl groups excluding tert-OH is 1. The Bertz CT molecular complexity index is 426. The SMILES string of the molecule is COc1ccc(OC(C)=O)cc1OC(=O)CO. The summed E-state index contributed by atoms with van der Waals surface area (Å²) in [4.78, 5) is 21.7. The van der Waals surface area contributed by atoms with Gasteiger partial charge in [-0.25, -0.2) is 4.79 Å². The fraction of sp³-hybridized carbons (Fsp3) is 0.273. The molecule has 0 saturated carbocycles. The summed E-state index contributed by atoms with van der Waals surface area (Å²) in [5, 5.41) is 8.57. The van der Waals surface area contributed by atoms with E-state index in [-0.39, 0.29) is 11.5 Å². The molecule has 0 aliphatic rings. The molecule has 1 rings (SSSR count). The predicted octanol–water partition coefficient (Wildman–Crippen LogP) is 0.518. The van der Waals surface area contributed by atoms with E-state index in [1.165, 1.54) is 32.2 Å². The molecule has 0 heterocycles. The summed E-state index contributed by atoms with van der Waals surface area (Å²) >= 11 is 0. The average Bonchev–Trinajstić information content (AvgIpc) is 2.28. The Morgan fingerprint density at radius 2 is 1.94 bits per heavy atom. The third-order valence-electron chi connectivity index (χ3n) is 1.75. The van der Waals surface area contributed by atoms with E-state index in [0.717, 1.165) is 0 Å². The minimum absolute atomic E-state index is 0.0744. The van der Waals surface area contributed by atoms with Crippen LogP contribution >= 0.6 is 0 Å². The van der Waals surface area contributed by atoms with Crippen molar-refractivity contribution in [1.29, 1.82) is 0 Å². The monoisotopic (exact) mass is 240 g/mol. The van der Waals surface area contributed by atoms with Crippen molar-refractivity contribution in [2.45, 2.75) is 6.92 Å². The third-order valence-corrected chi connectivity index (χ3v) is 1.75. The number of rotatable bonds is 4. The number of esters is 2. The fourth-order valence-electron chi connectivity index (χ4n) is 1.12. The van der Waals surface area contributed by atoms with Gasteiger partial charge in [0.05, 0.1) is 7.11 Å². The van der Waals surface area contributed by atoms with Crippen molar-refractivity contribution in [3.05, 3.63) is 18.2 Å². The zero-order valence-electron chi connectivity index (χ0n) is 9.43. The second-order valence-electron chi connectivity index (χ2n) is 3.04. The van der Waals surface area contributed by atoms with Crippen LogP contribution in [0.5, 0.6) is 17.2 Å². The van der Waals surface area contributed by atoms with Crippen LogP contribution < -0.4 is 14.2 Å². The summed E-state index contributed by atoms with van der Waals surface area (Å²) in [6.07, 6.45) is 0. The van der Waals surface area contributed by atoms with Crippen LogP contribution in [0, 0.1) is 0 Å². The molecular formula is C11H12O6. The number of aliphatic hydroxyl groups is 1. The maximum Gasteiger partial charge on any atom is 0.337 e. The molecule has 17 heavy (non-hydrogen) atoms. The summed E-state index contributed by atoms with van der Waals surface area (Å²) in [5.41, 5.74) is 0. The zero-order chi connectivity index (χ0) is 12.8. The first kappa shape index (κ1) is 13.0. The highest BCUT2D eigenvalue weighted by Gasteiger charge is 2.11. The Kier molecular flexibility index (Phi) is 4.47. The van der Waals surface area contributed by atoms with E-state index in [1.807, 2.05) is 0 Å². The van der Waals surface area contributed by atoms with Crippen LogP contribution in [0.25, 0.3) is 0 Å². The van der Waals surface area contributed by atoms with Crippen LogP contribution in [-0.4, -0.2) is 30.8 Å². The van der Waals surface area contributed by atoms with Crippen LogP contribution in [0.3, 0.4) is 0 Å². The number of ether oxygens (including phenoxy) is 3. The van der Waals surface area contributed by atoms with Gasteiger partial charge in [-0.05, 0) is 12.1 Å². The van der Waals surface area contributed by atoms with E-state index in [2.05, 4.69) is 0 Å². The molecule has 6 nitrogen and oxygen atoms in total. The molecule has 1 aromatic rings. The van der Waals surface area contributed by atoms with Crippen molar-refractivity contribution >= 4 is 11.9 Å².